The first-order valence-corrected chi connectivity index (χ1v) is 3.96. The minimum atomic E-state index is -0.0623. The van der Waals surface area contributed by atoms with Crippen LogP contribution in [0.1, 0.15) is 20.3 Å². The smallest absolute Gasteiger partial charge is 0.243 e. The molecule has 1 fully saturated rings. The van der Waals surface area contributed by atoms with E-state index in [2.05, 4.69) is 25.7 Å². The number of carbonyl (C=O) groups excluding carboxylic acids is 1. The predicted molar refractivity (Wildman–Crippen MR) is 45.1 cm³/mol. The Kier molecular flexibility index (Phi) is 2.03. The zero-order valence-electron chi connectivity index (χ0n) is 7.18. The average molecular weight is 153 g/mol. The van der Waals surface area contributed by atoms with Gasteiger partial charge < -0.3 is 5.32 Å². The molecule has 1 rings (SSSR count). The van der Waals surface area contributed by atoms with E-state index in [9.17, 15) is 4.79 Å². The van der Waals surface area contributed by atoms with E-state index in [-0.39, 0.29) is 5.91 Å². The molecule has 0 saturated heterocycles. The molecule has 0 aliphatic heterocycles. The van der Waals surface area contributed by atoms with Gasteiger partial charge >= 0.3 is 0 Å². The van der Waals surface area contributed by atoms with E-state index in [4.69, 9.17) is 0 Å². The van der Waals surface area contributed by atoms with E-state index in [1.807, 2.05) is 0 Å². The Hall–Kier alpha value is -0.790. The van der Waals surface area contributed by atoms with Crippen LogP contribution in [0.2, 0.25) is 0 Å². The maximum atomic E-state index is 10.7. The fourth-order valence-electron chi connectivity index (χ4n) is 1.22. The lowest BCUT2D eigenvalue weighted by molar-refractivity contribution is -0.116. The van der Waals surface area contributed by atoms with Crippen LogP contribution < -0.4 is 5.32 Å². The van der Waals surface area contributed by atoms with Crippen LogP contribution in [0.5, 0.6) is 0 Å². The highest BCUT2D eigenvalue weighted by Crippen LogP contribution is 2.50. The van der Waals surface area contributed by atoms with Crippen molar-refractivity contribution in [1.82, 2.24) is 5.32 Å². The Morgan fingerprint density at radius 1 is 1.82 bits per heavy atom. The molecular formula is C9H15NO. The molecule has 2 nitrogen and oxygen atoms in total. The van der Waals surface area contributed by atoms with Crippen LogP contribution in [-0.4, -0.2) is 12.5 Å². The highest BCUT2D eigenvalue weighted by molar-refractivity contribution is 5.86. The van der Waals surface area contributed by atoms with Crippen molar-refractivity contribution in [2.45, 2.75) is 20.3 Å². The van der Waals surface area contributed by atoms with Crippen molar-refractivity contribution in [3.8, 4) is 0 Å². The van der Waals surface area contributed by atoms with Crippen LogP contribution in [0.3, 0.4) is 0 Å². The lowest BCUT2D eigenvalue weighted by Crippen LogP contribution is -2.24. The van der Waals surface area contributed by atoms with Gasteiger partial charge in [-0.3, -0.25) is 4.79 Å². The number of rotatable bonds is 3. The third-order valence-electron chi connectivity index (χ3n) is 2.43. The summed E-state index contributed by atoms with van der Waals surface area (Å²) in [7, 11) is 0. The van der Waals surface area contributed by atoms with Gasteiger partial charge in [-0.25, -0.2) is 0 Å². The van der Waals surface area contributed by atoms with Crippen molar-refractivity contribution in [3.63, 3.8) is 0 Å². The Morgan fingerprint density at radius 3 is 2.73 bits per heavy atom. The first kappa shape index (κ1) is 8.31. The molecule has 62 valence electrons. The largest absolute Gasteiger partial charge is 0.352 e. The summed E-state index contributed by atoms with van der Waals surface area (Å²) in [4.78, 5) is 10.7. The summed E-state index contributed by atoms with van der Waals surface area (Å²) in [5.74, 6) is 0.610. The number of hydrogen-bond donors (Lipinski definition) is 1. The maximum absolute atomic E-state index is 10.7. The third kappa shape index (κ3) is 2.07. The fraction of sp³-hybridized carbons (Fsp3) is 0.667. The van der Waals surface area contributed by atoms with E-state index in [0.717, 1.165) is 6.54 Å². The molecule has 1 unspecified atom stereocenters. The van der Waals surface area contributed by atoms with Gasteiger partial charge in [0.25, 0.3) is 0 Å². The fourth-order valence-corrected chi connectivity index (χ4v) is 1.22. The third-order valence-corrected chi connectivity index (χ3v) is 2.43. The number of hydrogen-bond acceptors (Lipinski definition) is 1. The summed E-state index contributed by atoms with van der Waals surface area (Å²) in [6.45, 7) is 8.63. The molecule has 0 aromatic rings. The lowest BCUT2D eigenvalue weighted by atomic mass is 10.1. The van der Waals surface area contributed by atoms with Crippen molar-refractivity contribution in [1.29, 1.82) is 0 Å². The molecule has 1 aliphatic carbocycles. The predicted octanol–water partition coefficient (Wildman–Crippen LogP) is 1.33. The van der Waals surface area contributed by atoms with Crippen molar-refractivity contribution >= 4 is 5.91 Å². The Bertz CT molecular complexity index is 184. The maximum Gasteiger partial charge on any atom is 0.243 e. The molecule has 1 amide bonds. The quantitative estimate of drug-likeness (QED) is 0.609. The van der Waals surface area contributed by atoms with Crippen LogP contribution in [-0.2, 0) is 4.79 Å². The second-order valence-electron chi connectivity index (χ2n) is 3.84. The molecule has 1 saturated carbocycles. The van der Waals surface area contributed by atoms with Gasteiger partial charge in [-0.1, -0.05) is 20.4 Å². The highest BCUT2D eigenvalue weighted by atomic mass is 16.1. The second-order valence-corrected chi connectivity index (χ2v) is 3.84. The van der Waals surface area contributed by atoms with Crippen LogP contribution in [0.25, 0.3) is 0 Å². The monoisotopic (exact) mass is 153 g/mol. The normalized spacial score (nSPS) is 25.8. The molecule has 0 aromatic carbocycles. The summed E-state index contributed by atoms with van der Waals surface area (Å²) in [6.07, 6.45) is 2.54. The average Bonchev–Trinajstić information content (AvgIpc) is 2.54. The van der Waals surface area contributed by atoms with Crippen molar-refractivity contribution in [2.75, 3.05) is 6.54 Å². The Morgan fingerprint density at radius 2 is 2.36 bits per heavy atom. The van der Waals surface area contributed by atoms with Crippen LogP contribution >= 0.6 is 0 Å². The first-order chi connectivity index (χ1) is 5.06. The topological polar surface area (TPSA) is 29.1 Å². The Labute approximate surface area is 67.7 Å². The van der Waals surface area contributed by atoms with Crippen LogP contribution in [0, 0.1) is 11.3 Å². The molecule has 2 heteroatoms. The minimum absolute atomic E-state index is 0.0623. The highest BCUT2D eigenvalue weighted by Gasteiger charge is 2.45. The molecule has 1 N–H and O–H groups in total. The second kappa shape index (κ2) is 2.68. The van der Waals surface area contributed by atoms with Crippen molar-refractivity contribution < 1.29 is 4.79 Å². The molecule has 0 heterocycles. The van der Waals surface area contributed by atoms with E-state index < -0.39 is 0 Å². The summed E-state index contributed by atoms with van der Waals surface area (Å²) >= 11 is 0. The van der Waals surface area contributed by atoms with Gasteiger partial charge in [0.15, 0.2) is 0 Å². The van der Waals surface area contributed by atoms with Gasteiger partial charge in [-0.05, 0) is 23.8 Å². The lowest BCUT2D eigenvalue weighted by Gasteiger charge is -2.03. The van der Waals surface area contributed by atoms with E-state index in [0.29, 0.717) is 11.3 Å². The SMILES string of the molecule is C=CC(=O)NCC1CC1(C)C. The molecule has 11 heavy (non-hydrogen) atoms. The Balaban J connectivity index is 2.16. The van der Waals surface area contributed by atoms with Gasteiger partial charge in [0, 0.05) is 6.54 Å². The minimum Gasteiger partial charge on any atom is -0.352 e. The molecule has 0 spiro atoms. The zero-order valence-corrected chi connectivity index (χ0v) is 7.18. The van der Waals surface area contributed by atoms with Crippen molar-refractivity contribution in [2.24, 2.45) is 11.3 Å². The summed E-state index contributed by atoms with van der Waals surface area (Å²) in [6, 6.07) is 0. The molecule has 0 radical (unpaired) electrons. The number of amides is 1. The summed E-state index contributed by atoms with van der Waals surface area (Å²) in [5.41, 5.74) is 0.453. The number of nitrogens with one attached hydrogen (secondary N) is 1. The van der Waals surface area contributed by atoms with Gasteiger partial charge in [-0.15, -0.1) is 0 Å². The van der Waals surface area contributed by atoms with Gasteiger partial charge in [0.1, 0.15) is 0 Å². The van der Waals surface area contributed by atoms with E-state index in [1.54, 1.807) is 0 Å². The van der Waals surface area contributed by atoms with Crippen LogP contribution in [0.15, 0.2) is 12.7 Å². The molecular weight excluding hydrogens is 138 g/mol. The van der Waals surface area contributed by atoms with E-state index >= 15 is 0 Å². The first-order valence-electron chi connectivity index (χ1n) is 3.96. The molecule has 1 aliphatic rings. The molecule has 0 aromatic heterocycles. The molecule has 1 atom stereocenters. The van der Waals surface area contributed by atoms with Crippen molar-refractivity contribution in [3.05, 3.63) is 12.7 Å². The zero-order chi connectivity index (χ0) is 8.48. The van der Waals surface area contributed by atoms with E-state index in [1.165, 1.54) is 12.5 Å². The summed E-state index contributed by atoms with van der Waals surface area (Å²) in [5, 5.41) is 2.79. The van der Waals surface area contributed by atoms with Gasteiger partial charge in [-0.2, -0.15) is 0 Å². The molecule has 0 bridgehead atoms. The number of carbonyl (C=O) groups is 1. The standard InChI is InChI=1S/C9H15NO/c1-4-8(11)10-6-7-5-9(7,2)3/h4,7H,1,5-6H2,2-3H3,(H,10,11). The van der Waals surface area contributed by atoms with Gasteiger partial charge in [0.05, 0.1) is 0 Å². The van der Waals surface area contributed by atoms with Crippen LogP contribution in [0.4, 0.5) is 0 Å². The van der Waals surface area contributed by atoms with Gasteiger partial charge in [0.2, 0.25) is 5.91 Å². The summed E-state index contributed by atoms with van der Waals surface area (Å²) < 4.78 is 0.